The molecule has 0 radical (unpaired) electrons. The lowest BCUT2D eigenvalue weighted by atomic mass is 9.88. The summed E-state index contributed by atoms with van der Waals surface area (Å²) in [7, 11) is 0. The molecule has 0 saturated heterocycles. The van der Waals surface area contributed by atoms with Crippen LogP contribution in [-0.2, 0) is 14.3 Å². The first kappa shape index (κ1) is 17.2. The summed E-state index contributed by atoms with van der Waals surface area (Å²) in [6.45, 7) is 8.99. The summed E-state index contributed by atoms with van der Waals surface area (Å²) in [5.41, 5.74) is 0.371. The highest BCUT2D eigenvalue weighted by Gasteiger charge is 2.28. The second kappa shape index (κ2) is 7.25. The molecule has 0 N–H and O–H groups in total. The largest absolute Gasteiger partial charge is 0.458 e. The maximum Gasteiger partial charge on any atom is 0.316 e. The molecular formula is C17H24O4. The van der Waals surface area contributed by atoms with Crippen LogP contribution in [-0.4, -0.2) is 11.9 Å². The number of ether oxygens (including phenoxy) is 2. The van der Waals surface area contributed by atoms with Crippen molar-refractivity contribution in [1.29, 1.82) is 0 Å². The maximum absolute atomic E-state index is 12.1. The average molecular weight is 292 g/mol. The molecular weight excluding hydrogens is 268 g/mol. The summed E-state index contributed by atoms with van der Waals surface area (Å²) in [4.78, 5) is 23.0. The van der Waals surface area contributed by atoms with Gasteiger partial charge in [0.2, 0.25) is 0 Å². The number of rotatable bonds is 6. The van der Waals surface area contributed by atoms with Gasteiger partial charge < -0.3 is 9.47 Å². The molecule has 1 rings (SSSR count). The molecule has 116 valence electrons. The van der Waals surface area contributed by atoms with Crippen molar-refractivity contribution >= 4 is 11.9 Å². The van der Waals surface area contributed by atoms with Gasteiger partial charge in [-0.15, -0.1) is 0 Å². The van der Waals surface area contributed by atoms with Gasteiger partial charge in [0, 0.05) is 6.92 Å². The van der Waals surface area contributed by atoms with Crippen molar-refractivity contribution in [1.82, 2.24) is 0 Å². The van der Waals surface area contributed by atoms with Crippen molar-refractivity contribution in [2.75, 3.05) is 0 Å². The quantitative estimate of drug-likeness (QED) is 0.586. The molecule has 0 spiro atoms. The zero-order valence-electron chi connectivity index (χ0n) is 13.4. The van der Waals surface area contributed by atoms with Crippen LogP contribution < -0.4 is 4.74 Å². The Morgan fingerprint density at radius 3 is 2.24 bits per heavy atom. The molecule has 4 nitrogen and oxygen atoms in total. The van der Waals surface area contributed by atoms with E-state index >= 15 is 0 Å². The molecule has 0 fully saturated rings. The number of esters is 2. The molecule has 0 bridgehead atoms. The van der Waals surface area contributed by atoms with E-state index in [1.54, 1.807) is 31.2 Å². The minimum atomic E-state index is -0.488. The third kappa shape index (κ3) is 5.21. The van der Waals surface area contributed by atoms with Crippen molar-refractivity contribution in [2.24, 2.45) is 5.41 Å². The van der Waals surface area contributed by atoms with Gasteiger partial charge in [-0.2, -0.15) is 0 Å². The number of benzene rings is 1. The first-order valence-electron chi connectivity index (χ1n) is 7.25. The lowest BCUT2D eigenvalue weighted by Crippen LogP contribution is -2.28. The molecule has 21 heavy (non-hydrogen) atoms. The highest BCUT2D eigenvalue weighted by atomic mass is 16.5. The van der Waals surface area contributed by atoms with Crippen molar-refractivity contribution in [3.63, 3.8) is 0 Å². The molecule has 0 aliphatic heterocycles. The summed E-state index contributed by atoms with van der Waals surface area (Å²) < 4.78 is 10.5. The first-order valence-corrected chi connectivity index (χ1v) is 7.25. The zero-order valence-corrected chi connectivity index (χ0v) is 13.4. The molecule has 0 aliphatic rings. The lowest BCUT2D eigenvalue weighted by molar-refractivity contribution is -0.146. The highest BCUT2D eigenvalue weighted by Crippen LogP contribution is 2.26. The minimum Gasteiger partial charge on any atom is -0.458 e. The average Bonchev–Trinajstić information content (AvgIpc) is 2.38. The van der Waals surface area contributed by atoms with Gasteiger partial charge in [0.05, 0.1) is 5.41 Å². The van der Waals surface area contributed by atoms with Crippen molar-refractivity contribution in [3.8, 4) is 5.75 Å². The number of carbonyl (C=O) groups is 2. The highest BCUT2D eigenvalue weighted by molar-refractivity contribution is 5.78. The van der Waals surface area contributed by atoms with Gasteiger partial charge in [0.25, 0.3) is 0 Å². The van der Waals surface area contributed by atoms with Gasteiger partial charge in [0.1, 0.15) is 11.9 Å². The molecule has 0 amide bonds. The van der Waals surface area contributed by atoms with Crippen molar-refractivity contribution in [2.45, 2.75) is 53.6 Å². The van der Waals surface area contributed by atoms with Crippen molar-refractivity contribution in [3.05, 3.63) is 29.8 Å². The topological polar surface area (TPSA) is 52.6 Å². The van der Waals surface area contributed by atoms with E-state index in [0.29, 0.717) is 5.75 Å². The van der Waals surface area contributed by atoms with Crippen LogP contribution in [0.25, 0.3) is 0 Å². The summed E-state index contributed by atoms with van der Waals surface area (Å²) in [5.74, 6) is -0.0487. The number of hydrogen-bond acceptors (Lipinski definition) is 4. The summed E-state index contributed by atoms with van der Waals surface area (Å²) in [5, 5.41) is 0. The summed E-state index contributed by atoms with van der Waals surface area (Å²) in [6, 6.07) is 7.02. The predicted molar refractivity (Wildman–Crippen MR) is 80.9 cm³/mol. The van der Waals surface area contributed by atoms with E-state index in [1.807, 2.05) is 20.8 Å². The molecule has 1 aromatic rings. The van der Waals surface area contributed by atoms with Gasteiger partial charge in [0.15, 0.2) is 0 Å². The van der Waals surface area contributed by atoms with Crippen molar-refractivity contribution < 1.29 is 19.1 Å². The third-order valence-corrected chi connectivity index (χ3v) is 3.33. The maximum atomic E-state index is 12.1. The first-order chi connectivity index (χ1) is 9.76. The summed E-state index contributed by atoms with van der Waals surface area (Å²) >= 11 is 0. The van der Waals surface area contributed by atoms with Crippen LogP contribution in [0.2, 0.25) is 0 Å². The Hall–Kier alpha value is -1.84. The van der Waals surface area contributed by atoms with Crippen LogP contribution in [0.15, 0.2) is 24.3 Å². The van der Waals surface area contributed by atoms with Gasteiger partial charge in [-0.3, -0.25) is 9.59 Å². The standard InChI is InChI=1S/C17H24O4/c1-6-11-17(4,5)16(19)21-15-9-7-14(8-10-15)12(2)20-13(3)18/h7-10,12H,6,11H2,1-5H3. The fourth-order valence-corrected chi connectivity index (χ4v) is 2.10. The molecule has 1 unspecified atom stereocenters. The Kier molecular flexibility index (Phi) is 5.94. The Morgan fingerprint density at radius 1 is 1.19 bits per heavy atom. The second-order valence-corrected chi connectivity index (χ2v) is 5.84. The van der Waals surface area contributed by atoms with Crippen LogP contribution in [0.5, 0.6) is 5.75 Å². The molecule has 0 aliphatic carbocycles. The lowest BCUT2D eigenvalue weighted by Gasteiger charge is -2.21. The number of carbonyl (C=O) groups excluding carboxylic acids is 2. The Morgan fingerprint density at radius 2 is 1.76 bits per heavy atom. The zero-order chi connectivity index (χ0) is 16.0. The fraction of sp³-hybridized carbons (Fsp3) is 0.529. The van der Waals surface area contributed by atoms with E-state index in [9.17, 15) is 9.59 Å². The second-order valence-electron chi connectivity index (χ2n) is 5.84. The Bertz CT molecular complexity index is 488. The molecule has 1 atom stereocenters. The normalized spacial score (nSPS) is 12.6. The SMILES string of the molecule is CCCC(C)(C)C(=O)Oc1ccc(C(C)OC(C)=O)cc1. The Labute approximate surface area is 126 Å². The molecule has 4 heteroatoms. The van der Waals surface area contributed by atoms with Gasteiger partial charge in [-0.05, 0) is 44.9 Å². The van der Waals surface area contributed by atoms with Gasteiger partial charge >= 0.3 is 11.9 Å². The molecule has 0 saturated carbocycles. The minimum absolute atomic E-state index is 0.231. The molecule has 0 aromatic heterocycles. The van der Waals surface area contributed by atoms with Crippen LogP contribution in [0, 0.1) is 5.41 Å². The smallest absolute Gasteiger partial charge is 0.316 e. The van der Waals surface area contributed by atoms with E-state index < -0.39 is 5.41 Å². The van der Waals surface area contributed by atoms with E-state index in [-0.39, 0.29) is 18.0 Å². The van der Waals surface area contributed by atoms with Crippen LogP contribution in [0.4, 0.5) is 0 Å². The summed E-state index contributed by atoms with van der Waals surface area (Å²) in [6.07, 6.45) is 1.40. The van der Waals surface area contributed by atoms with Crippen LogP contribution in [0.1, 0.15) is 59.1 Å². The fourth-order valence-electron chi connectivity index (χ4n) is 2.10. The van der Waals surface area contributed by atoms with Crippen LogP contribution >= 0.6 is 0 Å². The van der Waals surface area contributed by atoms with E-state index in [0.717, 1.165) is 18.4 Å². The van der Waals surface area contributed by atoms with Gasteiger partial charge in [-0.25, -0.2) is 0 Å². The van der Waals surface area contributed by atoms with E-state index in [4.69, 9.17) is 9.47 Å². The van der Waals surface area contributed by atoms with E-state index in [1.165, 1.54) is 6.92 Å². The molecule has 0 heterocycles. The van der Waals surface area contributed by atoms with Gasteiger partial charge in [-0.1, -0.05) is 25.5 Å². The van der Waals surface area contributed by atoms with E-state index in [2.05, 4.69) is 0 Å². The predicted octanol–water partition coefficient (Wildman–Crippen LogP) is 4.04. The van der Waals surface area contributed by atoms with Crippen LogP contribution in [0.3, 0.4) is 0 Å². The third-order valence-electron chi connectivity index (χ3n) is 3.33. The monoisotopic (exact) mass is 292 g/mol. The Balaban J connectivity index is 2.71. The number of hydrogen-bond donors (Lipinski definition) is 0. The molecule has 1 aromatic carbocycles.